The molecular weight excluding hydrogens is 777 g/mol. The van der Waals surface area contributed by atoms with E-state index >= 15 is 0 Å². The fraction of sp³-hybridized carbons (Fsp3) is 0. The van der Waals surface area contributed by atoms with Gasteiger partial charge in [0.15, 0.2) is 0 Å². The topological polar surface area (TPSA) is 35.5 Å². The van der Waals surface area contributed by atoms with E-state index in [0.717, 1.165) is 73.4 Å². The Morgan fingerprint density at radius 3 is 1.42 bits per heavy atom. The summed E-state index contributed by atoms with van der Waals surface area (Å²) in [5.74, 6) is 0. The summed E-state index contributed by atoms with van der Waals surface area (Å²) in [5.41, 5.74) is 20.4. The van der Waals surface area contributed by atoms with E-state index in [1.165, 1.54) is 27.5 Å². The second kappa shape index (κ2) is 15.8. The molecule has 64 heavy (non-hydrogen) atoms. The number of nitrogens with zero attached hydrogens (tertiary/aromatic N) is 5. The van der Waals surface area contributed by atoms with Gasteiger partial charge in [0.05, 0.1) is 0 Å². The first-order chi connectivity index (χ1) is 31.8. The number of aromatic nitrogens is 2. The molecular formula is C58H40BN5. The maximum Gasteiger partial charge on any atom is 0.252 e. The van der Waals surface area contributed by atoms with Crippen LogP contribution < -0.4 is 31.1 Å². The average Bonchev–Trinajstić information content (AvgIpc) is 3.37. The smallest absolute Gasteiger partial charge is 0.252 e. The Morgan fingerprint density at radius 1 is 0.328 bits per heavy atom. The fourth-order valence-electron chi connectivity index (χ4n) is 9.74. The van der Waals surface area contributed by atoms with Gasteiger partial charge in [0, 0.05) is 87.1 Å². The van der Waals surface area contributed by atoms with Crippen LogP contribution in [0.3, 0.4) is 0 Å². The predicted octanol–water partition coefficient (Wildman–Crippen LogP) is 13.0. The Bertz CT molecular complexity index is 3180. The number of pyridine rings is 2. The van der Waals surface area contributed by atoms with E-state index in [9.17, 15) is 0 Å². The molecule has 0 N–H and O–H groups in total. The number of rotatable bonds is 8. The third-order valence-electron chi connectivity index (χ3n) is 12.6. The van der Waals surface area contributed by atoms with Crippen LogP contribution in [-0.4, -0.2) is 16.7 Å². The number of anilines is 9. The summed E-state index contributed by atoms with van der Waals surface area (Å²) >= 11 is 0. The molecule has 0 bridgehead atoms. The van der Waals surface area contributed by atoms with Gasteiger partial charge in [0.25, 0.3) is 6.71 Å². The highest BCUT2D eigenvalue weighted by Crippen LogP contribution is 2.47. The van der Waals surface area contributed by atoms with Crippen molar-refractivity contribution in [1.82, 2.24) is 9.97 Å². The molecule has 0 radical (unpaired) electrons. The van der Waals surface area contributed by atoms with E-state index in [-0.39, 0.29) is 6.71 Å². The zero-order valence-electron chi connectivity index (χ0n) is 34.9. The first kappa shape index (κ1) is 37.3. The van der Waals surface area contributed by atoms with Crippen molar-refractivity contribution in [2.75, 3.05) is 14.7 Å². The van der Waals surface area contributed by atoms with Gasteiger partial charge in [0.2, 0.25) is 0 Å². The lowest BCUT2D eigenvalue weighted by atomic mass is 9.33. The van der Waals surface area contributed by atoms with E-state index in [0.29, 0.717) is 0 Å². The highest BCUT2D eigenvalue weighted by Gasteiger charge is 2.43. The van der Waals surface area contributed by atoms with Crippen molar-refractivity contribution in [2.24, 2.45) is 0 Å². The molecule has 8 aromatic carbocycles. The molecule has 2 aliphatic rings. The highest BCUT2D eigenvalue weighted by atomic mass is 15.2. The van der Waals surface area contributed by atoms with Crippen LogP contribution in [-0.2, 0) is 0 Å². The maximum atomic E-state index is 4.54. The van der Waals surface area contributed by atoms with Crippen LogP contribution in [0.4, 0.5) is 51.2 Å². The molecule has 10 aromatic rings. The summed E-state index contributed by atoms with van der Waals surface area (Å²) in [6.07, 6.45) is 7.56. The van der Waals surface area contributed by atoms with Gasteiger partial charge < -0.3 is 14.7 Å². The van der Waals surface area contributed by atoms with Gasteiger partial charge in [-0.05, 0) is 136 Å². The van der Waals surface area contributed by atoms with Gasteiger partial charge in [-0.1, -0.05) is 121 Å². The van der Waals surface area contributed by atoms with Crippen LogP contribution in [0.2, 0.25) is 0 Å². The summed E-state index contributed by atoms with van der Waals surface area (Å²) in [6.45, 7) is -0.0486. The van der Waals surface area contributed by atoms with Gasteiger partial charge in [-0.25, -0.2) is 0 Å². The number of fused-ring (bicyclic) bond motifs is 4. The van der Waals surface area contributed by atoms with E-state index in [4.69, 9.17) is 0 Å². The molecule has 5 nitrogen and oxygen atoms in total. The lowest BCUT2D eigenvalue weighted by molar-refractivity contribution is 1.24. The molecule has 0 atom stereocenters. The van der Waals surface area contributed by atoms with E-state index < -0.39 is 0 Å². The Balaban J connectivity index is 1.13. The van der Waals surface area contributed by atoms with Crippen LogP contribution in [0.1, 0.15) is 0 Å². The zero-order valence-corrected chi connectivity index (χ0v) is 34.9. The predicted molar refractivity (Wildman–Crippen MR) is 267 cm³/mol. The Labute approximate surface area is 373 Å². The molecule has 0 fully saturated rings. The first-order valence-electron chi connectivity index (χ1n) is 21.7. The molecule has 0 saturated carbocycles. The van der Waals surface area contributed by atoms with Crippen molar-refractivity contribution in [3.63, 3.8) is 0 Å². The van der Waals surface area contributed by atoms with Crippen molar-refractivity contribution >= 4 is 74.3 Å². The first-order valence-corrected chi connectivity index (χ1v) is 21.7. The number of para-hydroxylation sites is 3. The van der Waals surface area contributed by atoms with Gasteiger partial charge >= 0.3 is 0 Å². The van der Waals surface area contributed by atoms with Crippen LogP contribution >= 0.6 is 0 Å². The molecule has 0 amide bonds. The zero-order chi connectivity index (χ0) is 42.4. The number of hydrogen-bond donors (Lipinski definition) is 0. The number of benzene rings is 8. The lowest BCUT2D eigenvalue weighted by Gasteiger charge is -2.44. The van der Waals surface area contributed by atoms with Gasteiger partial charge in [0.1, 0.15) is 0 Å². The molecule has 0 spiro atoms. The number of hydrogen-bond acceptors (Lipinski definition) is 5. The Hall–Kier alpha value is -8.48. The summed E-state index contributed by atoms with van der Waals surface area (Å²) in [7, 11) is 0. The molecule has 6 heteroatoms. The SMILES string of the molecule is c1ccc(-c2ccc3c(c2)N(c2cc(-c4cccnc4)cc(-c4cccnc4)c2)c2cccc4c2B3c2ccc(N(c3ccccc3)c3ccccc3)cc2N4c2ccccc2)cc1. The monoisotopic (exact) mass is 817 g/mol. The average molecular weight is 818 g/mol. The quantitative estimate of drug-likeness (QED) is 0.143. The third-order valence-corrected chi connectivity index (χ3v) is 12.6. The lowest BCUT2D eigenvalue weighted by Crippen LogP contribution is -2.61. The Morgan fingerprint density at radius 2 is 0.844 bits per heavy atom. The van der Waals surface area contributed by atoms with Crippen molar-refractivity contribution in [3.8, 4) is 33.4 Å². The minimum atomic E-state index is -0.0486. The van der Waals surface area contributed by atoms with Crippen LogP contribution in [0.15, 0.2) is 243 Å². The summed E-state index contributed by atoms with van der Waals surface area (Å²) < 4.78 is 0. The van der Waals surface area contributed by atoms with Crippen LogP contribution in [0, 0.1) is 0 Å². The largest absolute Gasteiger partial charge is 0.311 e. The van der Waals surface area contributed by atoms with E-state index in [1.807, 2.05) is 36.9 Å². The van der Waals surface area contributed by atoms with Gasteiger partial charge in [-0.2, -0.15) is 0 Å². The molecule has 0 saturated heterocycles. The Kier molecular flexibility index (Phi) is 9.19. The minimum Gasteiger partial charge on any atom is -0.311 e. The van der Waals surface area contributed by atoms with Crippen molar-refractivity contribution in [2.45, 2.75) is 0 Å². The summed E-state index contributed by atoms with van der Waals surface area (Å²) in [4.78, 5) is 16.4. The van der Waals surface area contributed by atoms with Crippen LogP contribution in [0.5, 0.6) is 0 Å². The molecule has 12 rings (SSSR count). The summed E-state index contributed by atoms with van der Waals surface area (Å²) in [6, 6.07) is 79.0. The van der Waals surface area contributed by atoms with E-state index in [1.54, 1.807) is 0 Å². The third kappa shape index (κ3) is 6.43. The molecule has 2 aromatic heterocycles. The molecule has 300 valence electrons. The summed E-state index contributed by atoms with van der Waals surface area (Å²) in [5, 5.41) is 0. The highest BCUT2D eigenvalue weighted by molar-refractivity contribution is 7.00. The molecule has 0 unspecified atom stereocenters. The fourth-order valence-corrected chi connectivity index (χ4v) is 9.74. The van der Waals surface area contributed by atoms with Crippen LogP contribution in [0.25, 0.3) is 33.4 Å². The molecule has 0 aliphatic carbocycles. The second-order valence-electron chi connectivity index (χ2n) is 16.3. The van der Waals surface area contributed by atoms with Crippen molar-refractivity contribution < 1.29 is 0 Å². The molecule has 2 aliphatic heterocycles. The normalized spacial score (nSPS) is 12.3. The second-order valence-corrected chi connectivity index (χ2v) is 16.3. The standard InChI is InChI=1S/C58H40BN5/c1-5-16-41(17-6-1)42-28-30-52-56(37-42)64(51-35-45(43-18-14-32-60-39-43)34-46(36-51)44-19-15-33-61-40-44)55-27-13-26-54-58(55)59(52)53-31-29-50(38-57(53)63(54)49-24-11-4-12-25-49)62(47-20-7-2-8-21-47)48-22-9-3-10-23-48/h1-40H. The minimum absolute atomic E-state index is 0.0486. The van der Waals surface area contributed by atoms with Gasteiger partial charge in [-0.3, -0.25) is 9.97 Å². The van der Waals surface area contributed by atoms with Crippen molar-refractivity contribution in [1.29, 1.82) is 0 Å². The van der Waals surface area contributed by atoms with E-state index in [2.05, 4.69) is 231 Å². The molecule has 4 heterocycles. The maximum absolute atomic E-state index is 4.54. The van der Waals surface area contributed by atoms with Gasteiger partial charge in [-0.15, -0.1) is 0 Å². The van der Waals surface area contributed by atoms with Crippen molar-refractivity contribution in [3.05, 3.63) is 243 Å².